The number of likely N-dealkylation sites (N-methyl/N-ethyl adjacent to an activating group) is 1. The second-order valence-corrected chi connectivity index (χ2v) is 5.20. The van der Waals surface area contributed by atoms with Crippen LogP contribution in [0.3, 0.4) is 0 Å². The summed E-state index contributed by atoms with van der Waals surface area (Å²) in [7, 11) is 6.31. The lowest BCUT2D eigenvalue weighted by molar-refractivity contribution is -0.870. The number of ether oxygens (including phenoxy) is 1. The number of nitrogens with two attached hydrogens (primary N) is 1. The third-order valence-corrected chi connectivity index (χ3v) is 2.48. The highest BCUT2D eigenvalue weighted by molar-refractivity contribution is 5.41. The monoisotopic (exact) mass is 239 g/mol. The molecule has 0 saturated heterocycles. The maximum Gasteiger partial charge on any atom is 0.161 e. The smallest absolute Gasteiger partial charge is 0.161 e. The van der Waals surface area contributed by atoms with Crippen molar-refractivity contribution in [3.05, 3.63) is 23.8 Å². The highest BCUT2D eigenvalue weighted by atomic mass is 16.5. The minimum atomic E-state index is 0.192. The van der Waals surface area contributed by atoms with E-state index in [0.717, 1.165) is 23.0 Å². The number of aromatic hydroxyl groups is 1. The second kappa shape index (κ2) is 5.89. The molecule has 4 nitrogen and oxygen atoms in total. The molecular formula is C13H23N2O2+. The van der Waals surface area contributed by atoms with Gasteiger partial charge < -0.3 is 20.1 Å². The van der Waals surface area contributed by atoms with Gasteiger partial charge in [-0.15, -0.1) is 0 Å². The number of quaternary nitrogens is 1. The number of benzene rings is 1. The van der Waals surface area contributed by atoms with Crippen LogP contribution < -0.4 is 10.5 Å². The van der Waals surface area contributed by atoms with Crippen molar-refractivity contribution in [1.29, 1.82) is 0 Å². The zero-order chi connectivity index (χ0) is 12.9. The van der Waals surface area contributed by atoms with Gasteiger partial charge in [0, 0.05) is 0 Å². The van der Waals surface area contributed by atoms with Crippen LogP contribution in [0, 0.1) is 0 Å². The van der Waals surface area contributed by atoms with Crippen LogP contribution in [0.2, 0.25) is 0 Å². The third kappa shape index (κ3) is 5.06. The van der Waals surface area contributed by atoms with E-state index in [1.54, 1.807) is 12.1 Å². The lowest BCUT2D eigenvalue weighted by atomic mass is 10.1. The van der Waals surface area contributed by atoms with Crippen LogP contribution in [-0.2, 0) is 6.42 Å². The average Bonchev–Trinajstić information content (AvgIpc) is 2.20. The van der Waals surface area contributed by atoms with Crippen molar-refractivity contribution >= 4 is 0 Å². The van der Waals surface area contributed by atoms with Gasteiger partial charge in [0.25, 0.3) is 0 Å². The molecule has 0 unspecified atom stereocenters. The van der Waals surface area contributed by atoms with Crippen molar-refractivity contribution in [1.82, 2.24) is 0 Å². The molecule has 1 aromatic carbocycles. The predicted octanol–water partition coefficient (Wildman–Crippen LogP) is 0.978. The zero-order valence-electron chi connectivity index (χ0n) is 10.9. The Morgan fingerprint density at radius 2 is 2.00 bits per heavy atom. The quantitative estimate of drug-likeness (QED) is 0.728. The van der Waals surface area contributed by atoms with E-state index in [4.69, 9.17) is 10.5 Å². The molecule has 1 rings (SSSR count). The van der Waals surface area contributed by atoms with E-state index in [-0.39, 0.29) is 5.75 Å². The minimum absolute atomic E-state index is 0.192. The van der Waals surface area contributed by atoms with Crippen molar-refractivity contribution in [3.63, 3.8) is 0 Å². The lowest BCUT2D eigenvalue weighted by Crippen LogP contribution is -2.38. The first kappa shape index (κ1) is 13.8. The summed E-state index contributed by atoms with van der Waals surface area (Å²) >= 11 is 0. The molecule has 0 amide bonds. The Balaban J connectivity index is 2.54. The fraction of sp³-hybridized carbons (Fsp3) is 0.538. The fourth-order valence-corrected chi connectivity index (χ4v) is 1.44. The van der Waals surface area contributed by atoms with E-state index < -0.39 is 0 Å². The summed E-state index contributed by atoms with van der Waals surface area (Å²) in [5, 5.41) is 9.78. The van der Waals surface area contributed by atoms with E-state index in [0.29, 0.717) is 18.9 Å². The number of rotatable bonds is 6. The predicted molar refractivity (Wildman–Crippen MR) is 69.3 cm³/mol. The molecule has 17 heavy (non-hydrogen) atoms. The van der Waals surface area contributed by atoms with Gasteiger partial charge in [-0.25, -0.2) is 0 Å². The van der Waals surface area contributed by atoms with Crippen molar-refractivity contribution in [2.24, 2.45) is 5.73 Å². The van der Waals surface area contributed by atoms with E-state index in [2.05, 4.69) is 21.1 Å². The summed E-state index contributed by atoms with van der Waals surface area (Å²) in [6.07, 6.45) is 0.771. The number of hydrogen-bond donors (Lipinski definition) is 2. The summed E-state index contributed by atoms with van der Waals surface area (Å²) in [4.78, 5) is 0. The minimum Gasteiger partial charge on any atom is -0.504 e. The molecule has 0 atom stereocenters. The van der Waals surface area contributed by atoms with Crippen molar-refractivity contribution in [3.8, 4) is 11.5 Å². The van der Waals surface area contributed by atoms with Gasteiger partial charge in [-0.2, -0.15) is 0 Å². The lowest BCUT2D eigenvalue weighted by Gasteiger charge is -2.23. The molecular weight excluding hydrogens is 216 g/mol. The standard InChI is InChI=1S/C13H22N2O2/c1-15(2,3)8-9-17-13-5-4-11(6-7-14)10-12(13)16/h4-5,10H,6-9,14H2,1-3H3/p+1. The summed E-state index contributed by atoms with van der Waals surface area (Å²) in [6.45, 7) is 2.07. The van der Waals surface area contributed by atoms with Gasteiger partial charge in [-0.1, -0.05) is 6.07 Å². The van der Waals surface area contributed by atoms with E-state index in [1.807, 2.05) is 6.07 Å². The summed E-state index contributed by atoms with van der Waals surface area (Å²) in [5.41, 5.74) is 6.49. The first-order chi connectivity index (χ1) is 7.92. The molecule has 0 aromatic heterocycles. The first-order valence-corrected chi connectivity index (χ1v) is 5.87. The molecule has 1 aromatic rings. The molecule has 0 aliphatic carbocycles. The molecule has 0 fully saturated rings. The van der Waals surface area contributed by atoms with E-state index in [9.17, 15) is 5.11 Å². The number of nitrogens with zero attached hydrogens (tertiary/aromatic N) is 1. The third-order valence-electron chi connectivity index (χ3n) is 2.48. The molecule has 0 aliphatic heterocycles. The number of phenols is 1. The molecule has 4 heteroatoms. The number of hydrogen-bond acceptors (Lipinski definition) is 3. The Hall–Kier alpha value is -1.26. The van der Waals surface area contributed by atoms with Crippen LogP contribution in [0.4, 0.5) is 0 Å². The normalized spacial score (nSPS) is 11.5. The van der Waals surface area contributed by atoms with Gasteiger partial charge in [-0.05, 0) is 30.7 Å². The van der Waals surface area contributed by atoms with Crippen LogP contribution in [0.1, 0.15) is 5.56 Å². The Morgan fingerprint density at radius 3 is 2.53 bits per heavy atom. The van der Waals surface area contributed by atoms with Crippen LogP contribution >= 0.6 is 0 Å². The second-order valence-electron chi connectivity index (χ2n) is 5.20. The van der Waals surface area contributed by atoms with Crippen molar-refractivity contribution in [2.45, 2.75) is 6.42 Å². The topological polar surface area (TPSA) is 55.5 Å². The van der Waals surface area contributed by atoms with Gasteiger partial charge in [0.15, 0.2) is 11.5 Å². The first-order valence-electron chi connectivity index (χ1n) is 5.87. The number of phenolic OH excluding ortho intramolecular Hbond substituents is 1. The molecule has 0 heterocycles. The van der Waals surface area contributed by atoms with Crippen LogP contribution in [0.5, 0.6) is 11.5 Å². The van der Waals surface area contributed by atoms with Crippen molar-refractivity contribution < 1.29 is 14.3 Å². The molecule has 0 saturated carbocycles. The molecule has 0 spiro atoms. The Kier molecular flexibility index (Phi) is 4.78. The van der Waals surface area contributed by atoms with Gasteiger partial charge in [0.05, 0.1) is 21.1 Å². The summed E-state index contributed by atoms with van der Waals surface area (Å²) in [6, 6.07) is 5.46. The summed E-state index contributed by atoms with van der Waals surface area (Å²) in [5.74, 6) is 0.733. The van der Waals surface area contributed by atoms with Crippen molar-refractivity contribution in [2.75, 3.05) is 40.8 Å². The Morgan fingerprint density at radius 1 is 1.29 bits per heavy atom. The SMILES string of the molecule is C[N+](C)(C)CCOc1ccc(CCN)cc1O. The van der Waals surface area contributed by atoms with E-state index in [1.165, 1.54) is 0 Å². The van der Waals surface area contributed by atoms with Gasteiger partial charge in [-0.3, -0.25) is 0 Å². The Labute approximate surface area is 103 Å². The largest absolute Gasteiger partial charge is 0.504 e. The van der Waals surface area contributed by atoms with Gasteiger partial charge in [0.1, 0.15) is 13.2 Å². The molecule has 96 valence electrons. The van der Waals surface area contributed by atoms with Crippen LogP contribution in [0.25, 0.3) is 0 Å². The highest BCUT2D eigenvalue weighted by Gasteiger charge is 2.08. The van der Waals surface area contributed by atoms with E-state index >= 15 is 0 Å². The molecule has 0 bridgehead atoms. The summed E-state index contributed by atoms with van der Waals surface area (Å²) < 4.78 is 6.39. The van der Waals surface area contributed by atoms with Crippen LogP contribution in [-0.4, -0.2) is 50.4 Å². The zero-order valence-corrected chi connectivity index (χ0v) is 10.9. The average molecular weight is 239 g/mol. The fourth-order valence-electron chi connectivity index (χ4n) is 1.44. The maximum atomic E-state index is 9.78. The van der Waals surface area contributed by atoms with Gasteiger partial charge >= 0.3 is 0 Å². The molecule has 0 radical (unpaired) electrons. The maximum absolute atomic E-state index is 9.78. The van der Waals surface area contributed by atoms with Crippen LogP contribution in [0.15, 0.2) is 18.2 Å². The molecule has 3 N–H and O–H groups in total. The molecule has 0 aliphatic rings. The van der Waals surface area contributed by atoms with Gasteiger partial charge in [0.2, 0.25) is 0 Å². The highest BCUT2D eigenvalue weighted by Crippen LogP contribution is 2.26. The Bertz CT molecular complexity index is 359.